The zero-order valence-electron chi connectivity index (χ0n) is 38.6. The van der Waals surface area contributed by atoms with E-state index in [1.54, 1.807) is 4.57 Å². The van der Waals surface area contributed by atoms with E-state index < -0.39 is 54.4 Å². The standard InChI is InChI=1S/C51H33N5/c1-4-16-34(17-5-1)37-22-14-24-39(32-37)50-52-49(36-20-8-3-9-21-36)53-51(54-50)56-44-28-12-10-26-41(44)42-30-31-46-47(48(42)56)43-27-11-13-29-45(43)55(46)40-25-15-23-38(33-40)35-18-6-2-7-19-35/h1-33H/i2D,6D,7D,15D,18D,19D,23D,25D,33D. The molecule has 0 radical (unpaired) electrons. The maximum Gasteiger partial charge on any atom is 0.238 e. The fraction of sp³-hybridized carbons (Fsp3) is 0. The number of para-hydroxylation sites is 2. The van der Waals surface area contributed by atoms with Crippen LogP contribution in [0.2, 0.25) is 0 Å². The molecule has 0 saturated carbocycles. The third-order valence-corrected chi connectivity index (χ3v) is 10.1. The number of fused-ring (bicyclic) bond motifs is 7. The van der Waals surface area contributed by atoms with Crippen molar-refractivity contribution in [2.24, 2.45) is 0 Å². The van der Waals surface area contributed by atoms with Gasteiger partial charge in [-0.05, 0) is 58.6 Å². The lowest BCUT2D eigenvalue weighted by Crippen LogP contribution is -2.06. The van der Waals surface area contributed by atoms with Crippen molar-refractivity contribution in [3.8, 4) is 56.7 Å². The van der Waals surface area contributed by atoms with Gasteiger partial charge in [0.25, 0.3) is 0 Å². The normalized spacial score (nSPS) is 13.8. The molecule has 0 aliphatic carbocycles. The van der Waals surface area contributed by atoms with Gasteiger partial charge in [-0.1, -0.05) is 164 Å². The van der Waals surface area contributed by atoms with Gasteiger partial charge in [-0.25, -0.2) is 4.98 Å². The Kier molecular flexibility index (Phi) is 5.57. The Balaban J connectivity index is 1.25. The van der Waals surface area contributed by atoms with Crippen molar-refractivity contribution in [1.82, 2.24) is 24.1 Å². The highest BCUT2D eigenvalue weighted by Gasteiger charge is 2.23. The summed E-state index contributed by atoms with van der Waals surface area (Å²) in [6.45, 7) is 0. The molecule has 0 aliphatic heterocycles. The van der Waals surface area contributed by atoms with Crippen LogP contribution in [0.1, 0.15) is 12.3 Å². The van der Waals surface area contributed by atoms with Crippen LogP contribution in [0.5, 0.6) is 0 Å². The van der Waals surface area contributed by atoms with E-state index in [0.29, 0.717) is 28.6 Å². The Hall–Kier alpha value is -7.63. The highest BCUT2D eigenvalue weighted by molar-refractivity contribution is 6.26. The lowest BCUT2D eigenvalue weighted by atomic mass is 10.0. The molecule has 0 unspecified atom stereocenters. The fourth-order valence-electron chi connectivity index (χ4n) is 7.68. The van der Waals surface area contributed by atoms with Crippen LogP contribution in [-0.4, -0.2) is 24.1 Å². The lowest BCUT2D eigenvalue weighted by Gasteiger charge is -2.12. The van der Waals surface area contributed by atoms with Crippen LogP contribution < -0.4 is 0 Å². The first-order valence-corrected chi connectivity index (χ1v) is 18.1. The second-order valence-corrected chi connectivity index (χ2v) is 13.4. The van der Waals surface area contributed by atoms with Crippen LogP contribution in [0.3, 0.4) is 0 Å². The molecular formula is C51H33N5. The first kappa shape index (κ1) is 23.9. The quantitative estimate of drug-likeness (QED) is 0.172. The molecule has 0 aliphatic rings. The first-order chi connectivity index (χ1) is 31.5. The molecule has 5 nitrogen and oxygen atoms in total. The molecule has 262 valence electrons. The predicted octanol–water partition coefficient (Wildman–Crippen LogP) is 12.7. The summed E-state index contributed by atoms with van der Waals surface area (Å²) in [4.78, 5) is 15.5. The molecular weight excluding hydrogens is 683 g/mol. The summed E-state index contributed by atoms with van der Waals surface area (Å²) < 4.78 is 83.2. The fourth-order valence-corrected chi connectivity index (χ4v) is 7.68. The Morgan fingerprint density at radius 2 is 1.02 bits per heavy atom. The Morgan fingerprint density at radius 1 is 0.393 bits per heavy atom. The van der Waals surface area contributed by atoms with Crippen molar-refractivity contribution in [2.75, 3.05) is 0 Å². The lowest BCUT2D eigenvalue weighted by molar-refractivity contribution is 0.955. The number of hydrogen-bond acceptors (Lipinski definition) is 3. The Labute approximate surface area is 336 Å². The van der Waals surface area contributed by atoms with E-state index in [1.807, 2.05) is 126 Å². The van der Waals surface area contributed by atoms with Crippen LogP contribution in [0.25, 0.3) is 100 Å². The zero-order valence-corrected chi connectivity index (χ0v) is 29.6. The SMILES string of the molecule is [2H]c1c([2H])c([2H])c(-c2c([2H])c([2H])c([2H])c(-n3c4ccccc4c4c3ccc3c5ccccc5n(-c5nc(-c6ccccc6)nc(-c6cccc(-c7ccccc7)c6)n5)c34)c2[2H])c([2H])c1[2H]. The van der Waals surface area contributed by atoms with E-state index in [1.165, 1.54) is 0 Å². The molecule has 0 N–H and O–H groups in total. The molecule has 0 fully saturated rings. The van der Waals surface area contributed by atoms with Crippen molar-refractivity contribution in [3.63, 3.8) is 0 Å². The molecule has 0 amide bonds. The number of nitrogens with zero attached hydrogens (tertiary/aromatic N) is 5. The second kappa shape index (κ2) is 13.0. The van der Waals surface area contributed by atoms with Gasteiger partial charge in [0.1, 0.15) is 0 Å². The number of aromatic nitrogens is 5. The van der Waals surface area contributed by atoms with Gasteiger partial charge in [-0.2, -0.15) is 9.97 Å². The van der Waals surface area contributed by atoms with E-state index in [-0.39, 0.29) is 16.8 Å². The Bertz CT molecular complexity index is 3750. The summed E-state index contributed by atoms with van der Waals surface area (Å²) in [5.74, 6) is 1.28. The van der Waals surface area contributed by atoms with Crippen molar-refractivity contribution in [1.29, 1.82) is 0 Å². The summed E-state index contributed by atoms with van der Waals surface area (Å²) in [5.41, 5.74) is 5.55. The average Bonchev–Trinajstić information content (AvgIpc) is 3.86. The van der Waals surface area contributed by atoms with E-state index in [0.717, 1.165) is 54.8 Å². The highest BCUT2D eigenvalue weighted by Crippen LogP contribution is 2.42. The maximum absolute atomic E-state index is 9.67. The van der Waals surface area contributed by atoms with Crippen LogP contribution in [0, 0.1) is 0 Å². The van der Waals surface area contributed by atoms with Gasteiger partial charge in [-0.3, -0.25) is 4.57 Å². The van der Waals surface area contributed by atoms with Crippen molar-refractivity contribution in [2.45, 2.75) is 0 Å². The third-order valence-electron chi connectivity index (χ3n) is 10.1. The van der Waals surface area contributed by atoms with Crippen LogP contribution >= 0.6 is 0 Å². The average molecular weight is 725 g/mol. The molecule has 0 atom stereocenters. The minimum atomic E-state index is -0.629. The summed E-state index contributed by atoms with van der Waals surface area (Å²) >= 11 is 0. The summed E-state index contributed by atoms with van der Waals surface area (Å²) in [6, 6.07) is 42.2. The third kappa shape index (κ3) is 5.21. The van der Waals surface area contributed by atoms with E-state index in [4.69, 9.17) is 24.5 Å². The molecule has 56 heavy (non-hydrogen) atoms. The maximum atomic E-state index is 9.67. The molecule has 3 aromatic heterocycles. The number of hydrogen-bond donors (Lipinski definition) is 0. The topological polar surface area (TPSA) is 48.5 Å². The van der Waals surface area contributed by atoms with Crippen molar-refractivity contribution in [3.05, 3.63) is 200 Å². The van der Waals surface area contributed by atoms with Gasteiger partial charge in [-0.15, -0.1) is 0 Å². The molecule has 11 rings (SSSR count). The van der Waals surface area contributed by atoms with E-state index in [9.17, 15) is 2.74 Å². The smallest absolute Gasteiger partial charge is 0.238 e. The molecule has 3 heterocycles. The minimum Gasteiger partial charge on any atom is -0.309 e. The number of benzene rings is 8. The van der Waals surface area contributed by atoms with Gasteiger partial charge >= 0.3 is 0 Å². The van der Waals surface area contributed by atoms with Crippen LogP contribution in [0.4, 0.5) is 0 Å². The van der Waals surface area contributed by atoms with Gasteiger partial charge in [0.2, 0.25) is 5.95 Å². The summed E-state index contributed by atoms with van der Waals surface area (Å²) in [6.07, 6.45) is 0. The number of rotatable bonds is 6. The van der Waals surface area contributed by atoms with Crippen LogP contribution in [0.15, 0.2) is 200 Å². The molecule has 0 saturated heterocycles. The van der Waals surface area contributed by atoms with Gasteiger partial charge < -0.3 is 4.57 Å². The monoisotopic (exact) mass is 724 g/mol. The molecule has 0 bridgehead atoms. The van der Waals surface area contributed by atoms with Crippen molar-refractivity contribution >= 4 is 43.6 Å². The largest absolute Gasteiger partial charge is 0.309 e. The van der Waals surface area contributed by atoms with Gasteiger partial charge in [0, 0.05) is 38.4 Å². The summed E-state index contributed by atoms with van der Waals surface area (Å²) in [7, 11) is 0. The first-order valence-electron chi connectivity index (χ1n) is 22.6. The van der Waals surface area contributed by atoms with Gasteiger partial charge in [0.15, 0.2) is 11.6 Å². The zero-order chi connectivity index (χ0) is 44.8. The van der Waals surface area contributed by atoms with Crippen molar-refractivity contribution < 1.29 is 12.3 Å². The minimum absolute atomic E-state index is 0.0758. The Morgan fingerprint density at radius 3 is 1.80 bits per heavy atom. The highest BCUT2D eigenvalue weighted by atomic mass is 15.2. The van der Waals surface area contributed by atoms with E-state index in [2.05, 4.69) is 24.3 Å². The molecule has 5 heteroatoms. The molecule has 8 aromatic carbocycles. The second-order valence-electron chi connectivity index (χ2n) is 13.4. The molecule has 0 spiro atoms. The molecule has 11 aromatic rings. The van der Waals surface area contributed by atoms with Gasteiger partial charge in [0.05, 0.1) is 34.4 Å². The summed E-state index contributed by atoms with van der Waals surface area (Å²) in [5, 5.41) is 3.28. The predicted molar refractivity (Wildman–Crippen MR) is 230 cm³/mol. The van der Waals surface area contributed by atoms with E-state index >= 15 is 0 Å². The van der Waals surface area contributed by atoms with Crippen LogP contribution in [-0.2, 0) is 0 Å².